The number of aromatic nitrogens is 11. The first-order chi connectivity index (χ1) is 47.8. The molecule has 0 unspecified atom stereocenters. The van der Waals surface area contributed by atoms with E-state index in [0.29, 0.717) is 97.2 Å². The van der Waals surface area contributed by atoms with Gasteiger partial charge in [0.15, 0.2) is 0 Å². The zero-order valence-electron chi connectivity index (χ0n) is 51.3. The van der Waals surface area contributed by atoms with Crippen LogP contribution in [-0.4, -0.2) is 54.8 Å². The molecule has 458 valence electrons. The van der Waals surface area contributed by atoms with Crippen LogP contribution in [0, 0.1) is 6.92 Å². The Bertz CT molecular complexity index is 5630. The van der Waals surface area contributed by atoms with Crippen LogP contribution >= 0.6 is 0 Å². The van der Waals surface area contributed by atoms with E-state index in [4.69, 9.17) is 51.7 Å². The van der Waals surface area contributed by atoms with Gasteiger partial charge in [0.1, 0.15) is 33.3 Å². The van der Waals surface area contributed by atoms with Crippen molar-refractivity contribution in [1.82, 2.24) is 54.8 Å². The molecule has 0 aliphatic rings. The van der Waals surface area contributed by atoms with Crippen molar-refractivity contribution in [3.05, 3.63) is 273 Å². The molecule has 0 spiro atoms. The topological polar surface area (TPSA) is 217 Å². The zero-order chi connectivity index (χ0) is 64.5. The summed E-state index contributed by atoms with van der Waals surface area (Å²) in [5, 5.41) is 0. The SMILES string of the molecule is C=C(Oc1ncccc1C)c1ccc(-c2c(-c3ccc(-c4nc5cccnc5o4)cc3)c(-c3ccc(-c4nc5cccnc5o4)cc3)c(-c3ccc(-c4nc5cccnc5o4)cc3)c(-c3ccc(-c4nc5cccnc5o4)cc3)c2-c2ccc(-c3nc4cccnc4o3)cc2)cc1. The molecule has 0 bridgehead atoms. The fourth-order valence-electron chi connectivity index (χ4n) is 12.4. The molecule has 0 amide bonds. The van der Waals surface area contributed by atoms with E-state index >= 15 is 0 Å². The Labute approximate surface area is 550 Å². The minimum absolute atomic E-state index is 0.433. The minimum atomic E-state index is 0.433. The lowest BCUT2D eigenvalue weighted by molar-refractivity contribution is 0.491. The van der Waals surface area contributed by atoms with Gasteiger partial charge in [0.2, 0.25) is 63.9 Å². The third-order valence-corrected chi connectivity index (χ3v) is 17.1. The van der Waals surface area contributed by atoms with E-state index in [1.54, 1.807) is 37.2 Å². The van der Waals surface area contributed by atoms with Gasteiger partial charge in [0.05, 0.1) is 0 Å². The maximum atomic E-state index is 6.40. The molecular weight excluding hydrogens is 1210 g/mol. The normalized spacial score (nSPS) is 11.6. The zero-order valence-corrected chi connectivity index (χ0v) is 51.3. The fraction of sp³-hybridized carbons (Fsp3) is 0.0125. The average Bonchev–Trinajstić information content (AvgIpc) is 1.45. The van der Waals surface area contributed by atoms with Gasteiger partial charge in [-0.2, -0.15) is 0 Å². The smallest absolute Gasteiger partial charge is 0.247 e. The van der Waals surface area contributed by atoms with Crippen LogP contribution in [0.3, 0.4) is 0 Å². The van der Waals surface area contributed by atoms with Gasteiger partial charge in [0.25, 0.3) is 0 Å². The maximum absolute atomic E-state index is 6.40. The van der Waals surface area contributed by atoms with Crippen molar-refractivity contribution < 1.29 is 26.8 Å². The predicted octanol–water partition coefficient (Wildman–Crippen LogP) is 19.5. The monoisotopic (exact) mass is 1260 g/mol. The molecular formula is C80H47N11O6. The first-order valence-corrected chi connectivity index (χ1v) is 31.1. The van der Waals surface area contributed by atoms with E-state index in [1.807, 2.05) is 153 Å². The van der Waals surface area contributed by atoms with Gasteiger partial charge in [0, 0.05) is 76.1 Å². The molecule has 0 N–H and O–H groups in total. The fourth-order valence-corrected chi connectivity index (χ4v) is 12.4. The predicted molar refractivity (Wildman–Crippen MR) is 372 cm³/mol. The largest absolute Gasteiger partial charge is 0.439 e. The molecule has 97 heavy (non-hydrogen) atoms. The highest BCUT2D eigenvalue weighted by Crippen LogP contribution is 2.57. The molecule has 0 aliphatic heterocycles. The summed E-state index contributed by atoms with van der Waals surface area (Å²) >= 11 is 0. The molecule has 0 fully saturated rings. The van der Waals surface area contributed by atoms with Crippen LogP contribution in [0.25, 0.3) is 186 Å². The summed E-state index contributed by atoms with van der Waals surface area (Å²) in [7, 11) is 0. The molecule has 18 aromatic rings. The minimum Gasteiger partial charge on any atom is -0.439 e. The Morgan fingerprint density at radius 3 is 0.722 bits per heavy atom. The van der Waals surface area contributed by atoms with Crippen molar-refractivity contribution in [2.24, 2.45) is 0 Å². The van der Waals surface area contributed by atoms with Crippen molar-refractivity contribution in [2.75, 3.05) is 0 Å². The van der Waals surface area contributed by atoms with E-state index in [9.17, 15) is 0 Å². The number of rotatable bonds is 14. The molecule has 7 aromatic carbocycles. The Kier molecular flexibility index (Phi) is 13.4. The van der Waals surface area contributed by atoms with Crippen LogP contribution in [0.5, 0.6) is 5.88 Å². The van der Waals surface area contributed by atoms with Crippen LogP contribution in [0.2, 0.25) is 0 Å². The van der Waals surface area contributed by atoms with Crippen molar-refractivity contribution >= 4 is 61.9 Å². The van der Waals surface area contributed by atoms with Gasteiger partial charge in [-0.05, 0) is 201 Å². The molecule has 0 saturated heterocycles. The van der Waals surface area contributed by atoms with Gasteiger partial charge in [-0.3, -0.25) is 0 Å². The molecule has 0 aliphatic carbocycles. The van der Waals surface area contributed by atoms with E-state index in [0.717, 1.165) is 106 Å². The Morgan fingerprint density at radius 2 is 0.485 bits per heavy atom. The number of ether oxygens (including phenoxy) is 1. The molecule has 0 radical (unpaired) electrons. The van der Waals surface area contributed by atoms with Crippen LogP contribution in [0.15, 0.2) is 284 Å². The van der Waals surface area contributed by atoms with E-state index in [2.05, 4.69) is 109 Å². The third-order valence-electron chi connectivity index (χ3n) is 17.1. The Morgan fingerprint density at radius 1 is 0.268 bits per heavy atom. The summed E-state index contributed by atoms with van der Waals surface area (Å²) in [5.41, 5.74) is 21.5. The summed E-state index contributed by atoms with van der Waals surface area (Å²) in [6.07, 6.45) is 10.2. The van der Waals surface area contributed by atoms with E-state index < -0.39 is 0 Å². The average molecular weight is 1260 g/mol. The summed E-state index contributed by atoms with van der Waals surface area (Å²) < 4.78 is 38.0. The lowest BCUT2D eigenvalue weighted by atomic mass is 9.74. The number of hydrogen-bond acceptors (Lipinski definition) is 17. The van der Waals surface area contributed by atoms with Crippen molar-refractivity contribution in [3.63, 3.8) is 0 Å². The third kappa shape index (κ3) is 10.2. The highest BCUT2D eigenvalue weighted by molar-refractivity contribution is 6.15. The number of aryl methyl sites for hydroxylation is 1. The summed E-state index contributed by atoms with van der Waals surface area (Å²) in [6.45, 7) is 6.38. The van der Waals surface area contributed by atoms with Crippen molar-refractivity contribution in [3.8, 4) is 130 Å². The second-order valence-corrected chi connectivity index (χ2v) is 23.1. The second-order valence-electron chi connectivity index (χ2n) is 23.1. The Balaban J connectivity index is 0.946. The quantitative estimate of drug-likeness (QED) is 0.0925. The van der Waals surface area contributed by atoms with Crippen molar-refractivity contribution in [1.29, 1.82) is 0 Å². The molecule has 18 rings (SSSR count). The molecule has 0 saturated carbocycles. The second kappa shape index (κ2) is 23.2. The lowest BCUT2D eigenvalue weighted by Crippen LogP contribution is -2.03. The van der Waals surface area contributed by atoms with Crippen LogP contribution in [0.4, 0.5) is 0 Å². The van der Waals surface area contributed by atoms with E-state index in [-0.39, 0.29) is 0 Å². The van der Waals surface area contributed by atoms with Crippen LogP contribution < -0.4 is 4.74 Å². The Hall–Kier alpha value is -13.7. The maximum Gasteiger partial charge on any atom is 0.247 e. The number of benzene rings is 7. The molecule has 17 nitrogen and oxygen atoms in total. The van der Waals surface area contributed by atoms with Crippen LogP contribution in [0.1, 0.15) is 11.1 Å². The standard InChI is InChI=1S/C80H47N11O6/c1-45-9-3-39-81-70(45)92-46(2)47-15-17-48(18-16-47)64-65(49-19-29-54(30-20-49)71-87-59-10-4-40-82-76(59)93-71)67(51-23-33-56(34-24-51)73-89-61-12-6-42-84-78(61)95-73)69(53-27-37-58(38-28-53)75-91-63-14-8-44-86-80(63)97-75)68(52-25-35-57(36-26-52)74-90-62-13-7-43-85-79(62)96-74)66(64)50-21-31-55(32-22-50)72-88-60-11-5-41-83-77(60)94-72/h3-44H,2H2,1H3. The number of pyridine rings is 6. The van der Waals surface area contributed by atoms with Gasteiger partial charge < -0.3 is 26.8 Å². The molecule has 0 atom stereocenters. The van der Waals surface area contributed by atoms with E-state index in [1.165, 1.54) is 0 Å². The van der Waals surface area contributed by atoms with Gasteiger partial charge in [-0.1, -0.05) is 97.6 Å². The number of fused-ring (bicyclic) bond motifs is 5. The lowest BCUT2D eigenvalue weighted by Gasteiger charge is -2.29. The van der Waals surface area contributed by atoms with Gasteiger partial charge in [-0.15, -0.1) is 0 Å². The molecule has 11 aromatic heterocycles. The number of nitrogens with zero attached hydrogens (tertiary/aromatic N) is 11. The highest BCUT2D eigenvalue weighted by Gasteiger charge is 2.31. The summed E-state index contributed by atoms with van der Waals surface area (Å²) in [5.74, 6) is 3.07. The van der Waals surface area contributed by atoms with Crippen molar-refractivity contribution in [2.45, 2.75) is 6.92 Å². The molecule has 11 heterocycles. The van der Waals surface area contributed by atoms with Crippen LogP contribution in [-0.2, 0) is 0 Å². The molecule has 17 heteroatoms. The van der Waals surface area contributed by atoms with Gasteiger partial charge >= 0.3 is 0 Å². The summed E-state index contributed by atoms with van der Waals surface area (Å²) in [6, 6.07) is 72.6. The number of hydrogen-bond donors (Lipinski definition) is 0. The number of oxazole rings is 5. The summed E-state index contributed by atoms with van der Waals surface area (Å²) in [4.78, 5) is 51.3. The van der Waals surface area contributed by atoms with Gasteiger partial charge in [-0.25, -0.2) is 54.8 Å². The first kappa shape index (κ1) is 56.1. The highest BCUT2D eigenvalue weighted by atomic mass is 16.5. The first-order valence-electron chi connectivity index (χ1n) is 31.1.